The smallest absolute Gasteiger partial charge is 0.244 e. The van der Waals surface area contributed by atoms with Crippen molar-refractivity contribution < 1.29 is 9.53 Å². The molecule has 0 radical (unpaired) electrons. The fraction of sp³-hybridized carbons (Fsp3) is 0. The molecule has 0 aliphatic carbocycles. The summed E-state index contributed by atoms with van der Waals surface area (Å²) in [6.07, 6.45) is 2.42. The Bertz CT molecular complexity index is 280. The van der Waals surface area contributed by atoms with Crippen LogP contribution < -0.4 is 10.5 Å². The zero-order valence-corrected chi connectivity index (χ0v) is 6.44. The molecule has 1 aromatic rings. The number of ether oxygens (including phenoxy) is 1. The maximum absolute atomic E-state index is 10.2. The lowest BCUT2D eigenvalue weighted by Crippen LogP contribution is -2.05. The summed E-state index contributed by atoms with van der Waals surface area (Å²) in [4.78, 5) is 10.2. The molecule has 62 valence electrons. The number of amides is 1. The standard InChI is InChI=1S/C9H9NO2/c10-9(11)6-7-12-8-4-2-1-3-5-8/h1-7H,(H2,10,11). The van der Waals surface area contributed by atoms with Gasteiger partial charge in [0.2, 0.25) is 5.91 Å². The molecule has 0 aliphatic heterocycles. The lowest BCUT2D eigenvalue weighted by molar-refractivity contribution is -0.113. The molecule has 0 aliphatic rings. The number of benzene rings is 1. The van der Waals surface area contributed by atoms with E-state index in [9.17, 15) is 4.79 Å². The summed E-state index contributed by atoms with van der Waals surface area (Å²) >= 11 is 0. The zero-order chi connectivity index (χ0) is 8.81. The van der Waals surface area contributed by atoms with Gasteiger partial charge in [-0.05, 0) is 12.1 Å². The lowest BCUT2D eigenvalue weighted by atomic mass is 10.3. The maximum atomic E-state index is 10.2. The highest BCUT2D eigenvalue weighted by molar-refractivity contribution is 5.85. The third-order valence-electron chi connectivity index (χ3n) is 1.18. The SMILES string of the molecule is NC(=O)C=COc1ccccc1. The minimum Gasteiger partial charge on any atom is -0.465 e. The molecule has 0 atom stereocenters. The van der Waals surface area contributed by atoms with Crippen molar-refractivity contribution in [2.24, 2.45) is 5.73 Å². The molecular weight excluding hydrogens is 154 g/mol. The molecule has 2 N–H and O–H groups in total. The Hall–Kier alpha value is -1.77. The number of carbonyl (C=O) groups excluding carboxylic acids is 1. The van der Waals surface area contributed by atoms with Crippen LogP contribution in [0.1, 0.15) is 0 Å². The van der Waals surface area contributed by atoms with E-state index in [1.807, 2.05) is 18.2 Å². The minimum atomic E-state index is -0.522. The van der Waals surface area contributed by atoms with Gasteiger partial charge in [-0.3, -0.25) is 4.79 Å². The van der Waals surface area contributed by atoms with E-state index in [-0.39, 0.29) is 0 Å². The first-order chi connectivity index (χ1) is 5.79. The van der Waals surface area contributed by atoms with Gasteiger partial charge in [0.25, 0.3) is 0 Å². The average molecular weight is 163 g/mol. The van der Waals surface area contributed by atoms with Crippen LogP contribution in [0.4, 0.5) is 0 Å². The van der Waals surface area contributed by atoms with E-state index in [4.69, 9.17) is 10.5 Å². The Morgan fingerprint density at radius 2 is 2.00 bits per heavy atom. The molecule has 0 saturated heterocycles. The summed E-state index contributed by atoms with van der Waals surface area (Å²) in [6, 6.07) is 9.13. The second-order valence-corrected chi connectivity index (χ2v) is 2.14. The van der Waals surface area contributed by atoms with Gasteiger partial charge < -0.3 is 10.5 Å². The molecule has 0 spiro atoms. The number of carbonyl (C=O) groups is 1. The quantitative estimate of drug-likeness (QED) is 0.535. The van der Waals surface area contributed by atoms with Gasteiger partial charge in [0.05, 0.1) is 6.26 Å². The summed E-state index contributed by atoms with van der Waals surface area (Å²) < 4.78 is 5.04. The van der Waals surface area contributed by atoms with Crippen LogP contribution in [0.15, 0.2) is 42.7 Å². The van der Waals surface area contributed by atoms with Gasteiger partial charge in [0.15, 0.2) is 0 Å². The van der Waals surface area contributed by atoms with Crippen molar-refractivity contribution in [2.75, 3.05) is 0 Å². The molecule has 0 bridgehead atoms. The van der Waals surface area contributed by atoms with Gasteiger partial charge >= 0.3 is 0 Å². The van der Waals surface area contributed by atoms with Crippen LogP contribution in [0.2, 0.25) is 0 Å². The van der Waals surface area contributed by atoms with Crippen LogP contribution in [-0.2, 0) is 4.79 Å². The van der Waals surface area contributed by atoms with Crippen LogP contribution in [0.5, 0.6) is 5.75 Å². The molecule has 0 heterocycles. The minimum absolute atomic E-state index is 0.522. The van der Waals surface area contributed by atoms with Crippen molar-refractivity contribution in [1.82, 2.24) is 0 Å². The van der Waals surface area contributed by atoms with Crippen LogP contribution in [0.25, 0.3) is 0 Å². The highest BCUT2D eigenvalue weighted by Gasteiger charge is 1.86. The molecule has 0 unspecified atom stereocenters. The highest BCUT2D eigenvalue weighted by atomic mass is 16.5. The van der Waals surface area contributed by atoms with Crippen LogP contribution in [0.3, 0.4) is 0 Å². The summed E-state index contributed by atoms with van der Waals surface area (Å²) in [5, 5.41) is 0. The van der Waals surface area contributed by atoms with Crippen LogP contribution >= 0.6 is 0 Å². The number of hydrogen-bond acceptors (Lipinski definition) is 2. The first-order valence-corrected chi connectivity index (χ1v) is 3.47. The van der Waals surface area contributed by atoms with Crippen molar-refractivity contribution in [3.05, 3.63) is 42.7 Å². The van der Waals surface area contributed by atoms with E-state index >= 15 is 0 Å². The van der Waals surface area contributed by atoms with Crippen LogP contribution in [-0.4, -0.2) is 5.91 Å². The summed E-state index contributed by atoms with van der Waals surface area (Å²) in [5.74, 6) is 0.154. The Morgan fingerprint density at radius 1 is 1.33 bits per heavy atom. The Kier molecular flexibility index (Phi) is 2.90. The van der Waals surface area contributed by atoms with Gasteiger partial charge in [-0.25, -0.2) is 0 Å². The van der Waals surface area contributed by atoms with Gasteiger partial charge in [-0.1, -0.05) is 18.2 Å². The lowest BCUT2D eigenvalue weighted by Gasteiger charge is -1.96. The number of nitrogens with two attached hydrogens (primary N) is 1. The molecule has 3 nitrogen and oxygen atoms in total. The molecule has 1 amide bonds. The summed E-state index contributed by atoms with van der Waals surface area (Å²) in [7, 11) is 0. The molecule has 1 rings (SSSR count). The highest BCUT2D eigenvalue weighted by Crippen LogP contribution is 2.07. The molecule has 1 aromatic carbocycles. The molecule has 0 saturated carbocycles. The molecular formula is C9H9NO2. The van der Waals surface area contributed by atoms with Crippen molar-refractivity contribution in [2.45, 2.75) is 0 Å². The Labute approximate surface area is 70.5 Å². The van der Waals surface area contributed by atoms with Crippen molar-refractivity contribution in [3.63, 3.8) is 0 Å². The Balaban J connectivity index is 2.49. The third-order valence-corrected chi connectivity index (χ3v) is 1.18. The van der Waals surface area contributed by atoms with Gasteiger partial charge in [0.1, 0.15) is 5.75 Å². The van der Waals surface area contributed by atoms with E-state index in [2.05, 4.69) is 0 Å². The predicted molar refractivity (Wildman–Crippen MR) is 45.4 cm³/mol. The maximum Gasteiger partial charge on any atom is 0.244 e. The first kappa shape index (κ1) is 8.33. The topological polar surface area (TPSA) is 52.3 Å². The van der Waals surface area contributed by atoms with E-state index in [0.29, 0.717) is 5.75 Å². The first-order valence-electron chi connectivity index (χ1n) is 3.47. The normalized spacial score (nSPS) is 10.0. The average Bonchev–Trinajstić information content (AvgIpc) is 2.05. The van der Waals surface area contributed by atoms with E-state index in [1.54, 1.807) is 12.1 Å². The summed E-state index contributed by atoms with van der Waals surface area (Å²) in [5.41, 5.74) is 4.85. The molecule has 3 heteroatoms. The monoisotopic (exact) mass is 163 g/mol. The van der Waals surface area contributed by atoms with Gasteiger partial charge in [0, 0.05) is 6.08 Å². The summed E-state index contributed by atoms with van der Waals surface area (Å²) in [6.45, 7) is 0. The number of para-hydroxylation sites is 1. The third kappa shape index (κ3) is 2.88. The number of primary amides is 1. The Morgan fingerprint density at radius 3 is 2.58 bits per heavy atom. The fourth-order valence-corrected chi connectivity index (χ4v) is 0.679. The molecule has 0 fully saturated rings. The van der Waals surface area contributed by atoms with Crippen molar-refractivity contribution >= 4 is 5.91 Å². The molecule has 12 heavy (non-hydrogen) atoms. The van der Waals surface area contributed by atoms with Gasteiger partial charge in [-0.15, -0.1) is 0 Å². The van der Waals surface area contributed by atoms with E-state index in [1.165, 1.54) is 6.26 Å². The largest absolute Gasteiger partial charge is 0.465 e. The van der Waals surface area contributed by atoms with Crippen molar-refractivity contribution in [3.8, 4) is 5.75 Å². The number of hydrogen-bond donors (Lipinski definition) is 1. The van der Waals surface area contributed by atoms with Crippen molar-refractivity contribution in [1.29, 1.82) is 0 Å². The zero-order valence-electron chi connectivity index (χ0n) is 6.44. The fourth-order valence-electron chi connectivity index (χ4n) is 0.679. The second-order valence-electron chi connectivity index (χ2n) is 2.14. The van der Waals surface area contributed by atoms with E-state index in [0.717, 1.165) is 6.08 Å². The number of rotatable bonds is 3. The van der Waals surface area contributed by atoms with Crippen LogP contribution in [0, 0.1) is 0 Å². The van der Waals surface area contributed by atoms with Gasteiger partial charge in [-0.2, -0.15) is 0 Å². The predicted octanol–water partition coefficient (Wildman–Crippen LogP) is 1.06. The van der Waals surface area contributed by atoms with E-state index < -0.39 is 5.91 Å². The second kappa shape index (κ2) is 4.18. The molecule has 0 aromatic heterocycles.